The summed E-state index contributed by atoms with van der Waals surface area (Å²) in [5, 5.41) is 3.24. The van der Waals surface area contributed by atoms with Crippen LogP contribution < -0.4 is 5.32 Å². The highest BCUT2D eigenvalue weighted by Crippen LogP contribution is 2.28. The molecule has 2 aromatic rings. The van der Waals surface area contributed by atoms with E-state index in [4.69, 9.17) is 4.99 Å². The van der Waals surface area contributed by atoms with Gasteiger partial charge >= 0.3 is 0 Å². The molecule has 0 aliphatic carbocycles. The molecule has 5 nitrogen and oxygen atoms in total. The number of benzene rings is 1. The minimum atomic E-state index is -0.287. The Hall–Kier alpha value is -3.28. The fraction of sp³-hybridized carbons (Fsp3) is 0.346. The maximum absolute atomic E-state index is 13.6. The lowest BCUT2D eigenvalue weighted by Gasteiger charge is -2.31. The average molecular weight is 435 g/mol. The molecule has 1 fully saturated rings. The highest BCUT2D eigenvalue weighted by molar-refractivity contribution is 6.09. The second-order valence-corrected chi connectivity index (χ2v) is 8.16. The monoisotopic (exact) mass is 434 g/mol. The molecule has 1 N–H and O–H groups in total. The van der Waals surface area contributed by atoms with Crippen LogP contribution in [-0.4, -0.2) is 35.1 Å². The lowest BCUT2D eigenvalue weighted by molar-refractivity contribution is -0.119. The van der Waals surface area contributed by atoms with E-state index in [0.717, 1.165) is 54.9 Å². The van der Waals surface area contributed by atoms with Crippen LogP contribution in [0.25, 0.3) is 0 Å². The molecule has 0 spiro atoms. The van der Waals surface area contributed by atoms with Crippen LogP contribution in [0.3, 0.4) is 0 Å². The van der Waals surface area contributed by atoms with Crippen molar-refractivity contribution in [1.82, 2.24) is 9.88 Å². The Bertz CT molecular complexity index is 1010. The summed E-state index contributed by atoms with van der Waals surface area (Å²) in [6.07, 6.45) is 9.29. The number of nitrogens with zero attached hydrogens (tertiary/aromatic N) is 3. The second kappa shape index (κ2) is 11.4. The molecule has 2 heterocycles. The molecule has 168 valence electrons. The molecule has 1 amide bonds. The van der Waals surface area contributed by atoms with Crippen molar-refractivity contribution in [2.45, 2.75) is 40.0 Å². The number of carbonyl (C=O) groups excluding carboxylic acids is 1. The molecular formula is C26H31FN4O. The Kier molecular flexibility index (Phi) is 8.31. The van der Waals surface area contributed by atoms with Crippen LogP contribution in [0.4, 0.5) is 10.1 Å². The maximum Gasteiger partial charge on any atom is 0.209 e. The summed E-state index contributed by atoms with van der Waals surface area (Å²) in [6, 6.07) is 10.2. The van der Waals surface area contributed by atoms with Gasteiger partial charge in [0.1, 0.15) is 5.82 Å². The molecule has 6 heteroatoms. The molecule has 3 rings (SSSR count). The lowest BCUT2D eigenvalue weighted by Crippen LogP contribution is -2.35. The van der Waals surface area contributed by atoms with Crippen LogP contribution in [0.2, 0.25) is 0 Å². The largest absolute Gasteiger partial charge is 0.359 e. The van der Waals surface area contributed by atoms with Gasteiger partial charge in [-0.2, -0.15) is 0 Å². The molecule has 0 bridgehead atoms. The molecule has 0 saturated carbocycles. The van der Waals surface area contributed by atoms with Crippen molar-refractivity contribution >= 4 is 17.8 Å². The van der Waals surface area contributed by atoms with Gasteiger partial charge in [-0.05, 0) is 69.5 Å². The molecule has 1 aromatic heterocycles. The molecule has 1 unspecified atom stereocenters. The van der Waals surface area contributed by atoms with Crippen molar-refractivity contribution in [1.29, 1.82) is 0 Å². The Morgan fingerprint density at radius 3 is 2.84 bits per heavy atom. The summed E-state index contributed by atoms with van der Waals surface area (Å²) < 4.78 is 13.6. The van der Waals surface area contributed by atoms with Gasteiger partial charge in [0.15, 0.2) is 0 Å². The number of aromatic nitrogens is 1. The van der Waals surface area contributed by atoms with E-state index in [9.17, 15) is 9.18 Å². The smallest absolute Gasteiger partial charge is 0.209 e. The van der Waals surface area contributed by atoms with Crippen molar-refractivity contribution in [3.8, 4) is 0 Å². The number of pyridine rings is 1. The van der Waals surface area contributed by atoms with Gasteiger partial charge in [0.2, 0.25) is 6.41 Å². The molecule has 1 aliphatic rings. The van der Waals surface area contributed by atoms with Gasteiger partial charge in [0, 0.05) is 54.0 Å². The zero-order valence-electron chi connectivity index (χ0n) is 19.0. The summed E-state index contributed by atoms with van der Waals surface area (Å²) in [6.45, 7) is 7.66. The van der Waals surface area contributed by atoms with Crippen molar-refractivity contribution in [2.24, 2.45) is 10.9 Å². The van der Waals surface area contributed by atoms with Crippen LogP contribution in [0.15, 0.2) is 76.8 Å². The van der Waals surface area contributed by atoms with Gasteiger partial charge < -0.3 is 10.2 Å². The highest BCUT2D eigenvalue weighted by Gasteiger charge is 2.24. The quantitative estimate of drug-likeness (QED) is 0.436. The first kappa shape index (κ1) is 23.4. The number of aliphatic imine (C=N–C) groups is 1. The van der Waals surface area contributed by atoms with E-state index in [1.165, 1.54) is 17.7 Å². The molecule has 1 atom stereocenters. The fourth-order valence-corrected chi connectivity index (χ4v) is 3.90. The number of amides is 1. The third-order valence-corrected chi connectivity index (χ3v) is 5.67. The number of carbonyl (C=O) groups is 1. The van der Waals surface area contributed by atoms with Gasteiger partial charge in [-0.1, -0.05) is 18.6 Å². The standard InChI is InChI=1S/C26H31FN4O/c1-4-19(2)26(22-9-7-13-31(17-22)18-32)30-25(21-8-6-12-28-16-21)14-20(3)29-24-11-5-10-23(27)15-24/h5-6,8,10-12,14-16,18,22,29H,4,7,9,13,17H2,1-3H3/b20-14+,26-19+,30-25-. The van der Waals surface area contributed by atoms with E-state index >= 15 is 0 Å². The van der Waals surface area contributed by atoms with Crippen molar-refractivity contribution in [3.05, 3.63) is 83.2 Å². The van der Waals surface area contributed by atoms with E-state index in [1.54, 1.807) is 18.5 Å². The second-order valence-electron chi connectivity index (χ2n) is 8.16. The van der Waals surface area contributed by atoms with Gasteiger partial charge in [-0.15, -0.1) is 0 Å². The van der Waals surface area contributed by atoms with Crippen LogP contribution in [0, 0.1) is 11.7 Å². The number of hydrogen-bond acceptors (Lipinski definition) is 4. The van der Waals surface area contributed by atoms with Crippen LogP contribution in [-0.2, 0) is 4.79 Å². The molecule has 1 aromatic carbocycles. The third kappa shape index (κ3) is 6.36. The molecule has 1 saturated heterocycles. The number of likely N-dealkylation sites (tertiary alicyclic amines) is 1. The number of rotatable bonds is 8. The maximum atomic E-state index is 13.6. The normalized spacial score (nSPS) is 18.2. The zero-order valence-corrected chi connectivity index (χ0v) is 19.0. The van der Waals surface area contributed by atoms with Gasteiger partial charge in [0.05, 0.1) is 5.71 Å². The topological polar surface area (TPSA) is 57.6 Å². The van der Waals surface area contributed by atoms with Gasteiger partial charge in [0.25, 0.3) is 0 Å². The van der Waals surface area contributed by atoms with Crippen LogP contribution in [0.5, 0.6) is 0 Å². The predicted octanol–water partition coefficient (Wildman–Crippen LogP) is 5.58. The van der Waals surface area contributed by atoms with Gasteiger partial charge in [-0.3, -0.25) is 14.8 Å². The first-order valence-corrected chi connectivity index (χ1v) is 11.1. The average Bonchev–Trinajstić information content (AvgIpc) is 2.81. The molecule has 32 heavy (non-hydrogen) atoms. The van der Waals surface area contributed by atoms with E-state index < -0.39 is 0 Å². The molecular weight excluding hydrogens is 403 g/mol. The van der Waals surface area contributed by atoms with Crippen molar-refractivity contribution < 1.29 is 9.18 Å². The summed E-state index contributed by atoms with van der Waals surface area (Å²) in [7, 11) is 0. The van der Waals surface area contributed by atoms with E-state index in [0.29, 0.717) is 12.2 Å². The first-order chi connectivity index (χ1) is 15.5. The number of nitrogens with one attached hydrogen (secondary N) is 1. The summed E-state index contributed by atoms with van der Waals surface area (Å²) in [4.78, 5) is 22.6. The number of allylic oxidation sites excluding steroid dienone is 3. The number of piperidine rings is 1. The van der Waals surface area contributed by atoms with Crippen molar-refractivity contribution in [2.75, 3.05) is 18.4 Å². The SMILES string of the molecule is CC/C(C)=C(/N=C(/C=C(\C)Nc1cccc(F)c1)c1cccnc1)C1CCCN(C=O)C1. The predicted molar refractivity (Wildman–Crippen MR) is 128 cm³/mol. The lowest BCUT2D eigenvalue weighted by atomic mass is 9.91. The van der Waals surface area contributed by atoms with E-state index in [1.807, 2.05) is 36.1 Å². The summed E-state index contributed by atoms with van der Waals surface area (Å²) in [5.41, 5.74) is 5.45. The Labute approximate surface area is 189 Å². The number of hydrogen-bond donors (Lipinski definition) is 1. The Morgan fingerprint density at radius 1 is 1.31 bits per heavy atom. The first-order valence-electron chi connectivity index (χ1n) is 11.1. The fourth-order valence-electron chi connectivity index (χ4n) is 3.90. The minimum absolute atomic E-state index is 0.199. The van der Waals surface area contributed by atoms with Crippen LogP contribution in [0.1, 0.15) is 45.6 Å². The van der Waals surface area contributed by atoms with Gasteiger partial charge in [-0.25, -0.2) is 4.39 Å². The Morgan fingerprint density at radius 2 is 2.16 bits per heavy atom. The minimum Gasteiger partial charge on any atom is -0.359 e. The molecule has 0 radical (unpaired) electrons. The highest BCUT2D eigenvalue weighted by atomic mass is 19.1. The van der Waals surface area contributed by atoms with E-state index in [-0.39, 0.29) is 11.7 Å². The summed E-state index contributed by atoms with van der Waals surface area (Å²) >= 11 is 0. The summed E-state index contributed by atoms with van der Waals surface area (Å²) in [5.74, 6) is -0.0878. The van der Waals surface area contributed by atoms with Crippen molar-refractivity contribution in [3.63, 3.8) is 0 Å². The Balaban J connectivity index is 2.00. The van der Waals surface area contributed by atoms with Crippen LogP contribution >= 0.6 is 0 Å². The number of anilines is 1. The third-order valence-electron chi connectivity index (χ3n) is 5.67. The zero-order chi connectivity index (χ0) is 22.9. The number of halogens is 1. The molecule has 1 aliphatic heterocycles. The van der Waals surface area contributed by atoms with E-state index in [2.05, 4.69) is 24.1 Å².